The highest BCUT2D eigenvalue weighted by molar-refractivity contribution is 5.74. The van der Waals surface area contributed by atoms with E-state index in [0.29, 0.717) is 6.42 Å². The van der Waals surface area contributed by atoms with Crippen LogP contribution in [-0.2, 0) is 16.1 Å². The van der Waals surface area contributed by atoms with Gasteiger partial charge in [-0.3, -0.25) is 4.79 Å². The molecule has 1 unspecified atom stereocenters. The Morgan fingerprint density at radius 3 is 2.47 bits per heavy atom. The number of rotatable bonds is 3. The minimum absolute atomic E-state index is 0.00940. The van der Waals surface area contributed by atoms with Crippen LogP contribution < -0.4 is 15.4 Å². The first-order valence-corrected chi connectivity index (χ1v) is 6.28. The van der Waals surface area contributed by atoms with Gasteiger partial charge in [0.1, 0.15) is 11.5 Å². The molecule has 0 radical (unpaired) electrons. The van der Waals surface area contributed by atoms with Gasteiger partial charge < -0.3 is 14.3 Å². The molecular weight excluding hydrogens is 246 g/mol. The summed E-state index contributed by atoms with van der Waals surface area (Å²) in [5.74, 6) is 6.00. The normalized spacial score (nSPS) is 21.5. The lowest BCUT2D eigenvalue weighted by atomic mass is 9.75. The zero-order chi connectivity index (χ0) is 14.0. The maximum atomic E-state index is 11.7. The average molecular weight is 265 g/mol. The zero-order valence-corrected chi connectivity index (χ0v) is 11.4. The Morgan fingerprint density at radius 1 is 1.26 bits per heavy atom. The third-order valence-electron chi connectivity index (χ3n) is 3.90. The van der Waals surface area contributed by atoms with Crippen molar-refractivity contribution in [1.82, 2.24) is 0 Å². The van der Waals surface area contributed by atoms with Crippen LogP contribution in [0.2, 0.25) is 0 Å². The van der Waals surface area contributed by atoms with Crippen LogP contribution >= 0.6 is 0 Å². The zero-order valence-electron chi connectivity index (χ0n) is 11.4. The van der Waals surface area contributed by atoms with Crippen molar-refractivity contribution in [2.24, 2.45) is 11.8 Å². The van der Waals surface area contributed by atoms with Crippen molar-refractivity contribution in [3.05, 3.63) is 23.3 Å². The molecule has 1 aromatic carbocycles. The Labute approximate surface area is 112 Å². The summed E-state index contributed by atoms with van der Waals surface area (Å²) in [7, 11) is 3.27. The van der Waals surface area contributed by atoms with E-state index in [1.54, 1.807) is 14.2 Å². The second-order valence-electron chi connectivity index (χ2n) is 4.73. The average Bonchev–Trinajstić information content (AvgIpc) is 2.45. The summed E-state index contributed by atoms with van der Waals surface area (Å²) in [6.07, 6.45) is 1.45. The molecule has 2 rings (SSSR count). The quantitative estimate of drug-likeness (QED) is 0.844. The van der Waals surface area contributed by atoms with Crippen molar-refractivity contribution >= 4 is 5.97 Å². The molecule has 19 heavy (non-hydrogen) atoms. The van der Waals surface area contributed by atoms with Gasteiger partial charge in [-0.25, -0.2) is 0 Å². The summed E-state index contributed by atoms with van der Waals surface area (Å²) < 4.78 is 10.8. The van der Waals surface area contributed by atoms with Crippen molar-refractivity contribution in [3.8, 4) is 11.5 Å². The van der Waals surface area contributed by atoms with Crippen molar-refractivity contribution in [3.63, 3.8) is 0 Å². The van der Waals surface area contributed by atoms with E-state index in [2.05, 4.69) is 4.84 Å². The number of carbonyl (C=O) groups is 1. The van der Waals surface area contributed by atoms with Gasteiger partial charge in [-0.15, -0.1) is 0 Å². The molecule has 0 saturated carbocycles. The molecule has 1 aliphatic carbocycles. The van der Waals surface area contributed by atoms with Crippen LogP contribution in [0.25, 0.3) is 0 Å². The molecule has 0 spiro atoms. The Balaban J connectivity index is 2.49. The van der Waals surface area contributed by atoms with Crippen LogP contribution in [-0.4, -0.2) is 20.2 Å². The summed E-state index contributed by atoms with van der Waals surface area (Å²) >= 11 is 0. The highest BCUT2D eigenvalue weighted by atomic mass is 16.7. The smallest absolute Gasteiger partial charge is 0.328 e. The number of hydrogen-bond acceptors (Lipinski definition) is 5. The van der Waals surface area contributed by atoms with Crippen LogP contribution in [0.1, 0.15) is 30.4 Å². The molecule has 0 aliphatic heterocycles. The Morgan fingerprint density at radius 2 is 1.89 bits per heavy atom. The summed E-state index contributed by atoms with van der Waals surface area (Å²) in [6.45, 7) is 1.99. The first-order chi connectivity index (χ1) is 9.13. The fourth-order valence-corrected chi connectivity index (χ4v) is 2.91. The van der Waals surface area contributed by atoms with E-state index in [-0.39, 0.29) is 17.8 Å². The molecule has 5 nitrogen and oxygen atoms in total. The van der Waals surface area contributed by atoms with Crippen molar-refractivity contribution in [2.75, 3.05) is 14.2 Å². The fraction of sp³-hybridized carbons (Fsp3) is 0.500. The standard InChI is InChI=1S/C14H19NO4/c1-8-9(14(16)19-15)4-5-10-11(17-2)6-7-12(18-3)13(8)10/h6-9H,4-5,15H2,1-3H3/t8?,9-/m1/s1. The van der Waals surface area contributed by atoms with Crippen LogP contribution in [0.15, 0.2) is 12.1 Å². The number of benzene rings is 1. The molecule has 5 heteroatoms. The Kier molecular flexibility index (Phi) is 3.95. The predicted molar refractivity (Wildman–Crippen MR) is 70.1 cm³/mol. The maximum Gasteiger partial charge on any atom is 0.328 e. The van der Waals surface area contributed by atoms with E-state index in [0.717, 1.165) is 29.0 Å². The third kappa shape index (κ3) is 2.26. The second-order valence-corrected chi connectivity index (χ2v) is 4.73. The summed E-state index contributed by atoms with van der Waals surface area (Å²) in [4.78, 5) is 16.1. The van der Waals surface area contributed by atoms with E-state index in [9.17, 15) is 4.79 Å². The van der Waals surface area contributed by atoms with Crippen LogP contribution in [0.3, 0.4) is 0 Å². The van der Waals surface area contributed by atoms with Gasteiger partial charge in [0.25, 0.3) is 0 Å². The van der Waals surface area contributed by atoms with Gasteiger partial charge >= 0.3 is 5.97 Å². The van der Waals surface area contributed by atoms with Gasteiger partial charge in [0.05, 0.1) is 20.1 Å². The first kappa shape index (κ1) is 13.7. The molecule has 104 valence electrons. The van der Waals surface area contributed by atoms with Gasteiger partial charge in [-0.1, -0.05) is 6.92 Å². The van der Waals surface area contributed by atoms with Gasteiger partial charge in [0, 0.05) is 11.1 Å². The summed E-state index contributed by atoms with van der Waals surface area (Å²) in [5.41, 5.74) is 2.12. The summed E-state index contributed by atoms with van der Waals surface area (Å²) in [5, 5.41) is 0. The lowest BCUT2D eigenvalue weighted by Gasteiger charge is -2.31. The Hall–Kier alpha value is -1.75. The highest BCUT2D eigenvalue weighted by Crippen LogP contribution is 2.44. The van der Waals surface area contributed by atoms with Gasteiger partial charge in [0.2, 0.25) is 0 Å². The number of ether oxygens (including phenoxy) is 2. The fourth-order valence-electron chi connectivity index (χ4n) is 2.91. The third-order valence-corrected chi connectivity index (χ3v) is 3.90. The van der Waals surface area contributed by atoms with E-state index < -0.39 is 0 Å². The SMILES string of the molecule is COc1ccc(OC)c2c1CC[C@@H](C(=O)ON)C2C. The molecule has 1 aromatic rings. The van der Waals surface area contributed by atoms with Gasteiger partial charge in [0.15, 0.2) is 0 Å². The topological polar surface area (TPSA) is 70.8 Å². The molecule has 2 atom stereocenters. The monoisotopic (exact) mass is 265 g/mol. The second kappa shape index (κ2) is 5.48. The van der Waals surface area contributed by atoms with E-state index >= 15 is 0 Å². The molecule has 0 fully saturated rings. The summed E-state index contributed by atoms with van der Waals surface area (Å²) in [6, 6.07) is 3.76. The number of carbonyl (C=O) groups excluding carboxylic acids is 1. The minimum Gasteiger partial charge on any atom is -0.496 e. The van der Waals surface area contributed by atoms with Gasteiger partial charge in [-0.2, -0.15) is 5.90 Å². The molecule has 0 amide bonds. The van der Waals surface area contributed by atoms with Crippen molar-refractivity contribution in [2.45, 2.75) is 25.7 Å². The molecule has 0 aromatic heterocycles. The molecule has 2 N–H and O–H groups in total. The van der Waals surface area contributed by atoms with Crippen molar-refractivity contribution in [1.29, 1.82) is 0 Å². The van der Waals surface area contributed by atoms with E-state index in [4.69, 9.17) is 15.4 Å². The predicted octanol–water partition coefficient (Wildman–Crippen LogP) is 1.79. The molecule has 0 saturated heterocycles. The lowest BCUT2D eigenvalue weighted by Crippen LogP contribution is -2.30. The number of methoxy groups -OCH3 is 2. The van der Waals surface area contributed by atoms with Gasteiger partial charge in [-0.05, 0) is 30.9 Å². The molecule has 0 heterocycles. The highest BCUT2D eigenvalue weighted by Gasteiger charge is 2.36. The van der Waals surface area contributed by atoms with Crippen LogP contribution in [0, 0.1) is 5.92 Å². The van der Waals surface area contributed by atoms with E-state index in [1.165, 1.54) is 0 Å². The number of hydrogen-bond donors (Lipinski definition) is 1. The molecule has 0 bridgehead atoms. The maximum absolute atomic E-state index is 11.7. The minimum atomic E-state index is -0.372. The Bertz CT molecular complexity index is 487. The largest absolute Gasteiger partial charge is 0.496 e. The molecular formula is C14H19NO4. The van der Waals surface area contributed by atoms with Crippen LogP contribution in [0.5, 0.6) is 11.5 Å². The van der Waals surface area contributed by atoms with E-state index in [1.807, 2.05) is 19.1 Å². The van der Waals surface area contributed by atoms with Crippen molar-refractivity contribution < 1.29 is 19.1 Å². The number of fused-ring (bicyclic) bond motifs is 1. The number of nitrogens with two attached hydrogens (primary N) is 1. The molecule has 1 aliphatic rings. The first-order valence-electron chi connectivity index (χ1n) is 6.28. The lowest BCUT2D eigenvalue weighted by molar-refractivity contribution is -0.150. The van der Waals surface area contributed by atoms with Crippen LogP contribution in [0.4, 0.5) is 0 Å².